The van der Waals surface area contributed by atoms with E-state index in [9.17, 15) is 4.79 Å². The summed E-state index contributed by atoms with van der Waals surface area (Å²) in [5.41, 5.74) is 1.69. The molecule has 6 nitrogen and oxygen atoms in total. The third kappa shape index (κ3) is 2.37. The number of aromatic nitrogens is 3. The minimum Gasteiger partial charge on any atom is -0.364 e. The van der Waals surface area contributed by atoms with Gasteiger partial charge in [0.25, 0.3) is 5.91 Å². The molecule has 0 aliphatic heterocycles. The van der Waals surface area contributed by atoms with E-state index < -0.39 is 0 Å². The molecule has 2 aromatic rings. The molecule has 0 radical (unpaired) electrons. The predicted molar refractivity (Wildman–Crippen MR) is 65.3 cm³/mol. The Morgan fingerprint density at radius 1 is 1.33 bits per heavy atom. The normalized spacial score (nSPS) is 10.7. The lowest BCUT2D eigenvalue weighted by Gasteiger charge is -2.10. The topological polar surface area (TPSA) is 80.9 Å². The van der Waals surface area contributed by atoms with Crippen molar-refractivity contribution >= 4 is 11.7 Å². The first-order valence-corrected chi connectivity index (χ1v) is 5.63. The molecule has 94 valence electrons. The largest absolute Gasteiger partial charge is 0.364 e. The van der Waals surface area contributed by atoms with Crippen LogP contribution in [0.1, 0.15) is 41.5 Å². The van der Waals surface area contributed by atoms with Crippen LogP contribution in [0.2, 0.25) is 0 Å². The molecule has 0 aliphatic carbocycles. The smallest absolute Gasteiger partial charge is 0.279 e. The van der Waals surface area contributed by atoms with Crippen LogP contribution in [-0.2, 0) is 0 Å². The van der Waals surface area contributed by atoms with E-state index in [1.54, 1.807) is 13.1 Å². The van der Waals surface area contributed by atoms with E-state index in [2.05, 4.69) is 20.4 Å². The molecule has 0 bridgehead atoms. The fourth-order valence-corrected chi connectivity index (χ4v) is 1.54. The van der Waals surface area contributed by atoms with Crippen molar-refractivity contribution in [3.05, 3.63) is 35.6 Å². The Labute approximate surface area is 104 Å². The van der Waals surface area contributed by atoms with Gasteiger partial charge in [0.2, 0.25) is 0 Å². The Balaban J connectivity index is 2.25. The SMILES string of the molecule is Cc1conc1C(=O)Nc1nccnc1C(C)C. The highest BCUT2D eigenvalue weighted by atomic mass is 16.5. The first kappa shape index (κ1) is 12.2. The first-order valence-electron chi connectivity index (χ1n) is 5.63. The number of aryl methyl sites for hydroxylation is 1. The van der Waals surface area contributed by atoms with Crippen LogP contribution < -0.4 is 5.32 Å². The lowest BCUT2D eigenvalue weighted by molar-refractivity contribution is 0.101. The molecule has 2 heterocycles. The number of rotatable bonds is 3. The second-order valence-electron chi connectivity index (χ2n) is 4.25. The number of nitrogens with zero attached hydrogens (tertiary/aromatic N) is 3. The molecule has 0 saturated heterocycles. The van der Waals surface area contributed by atoms with E-state index in [1.807, 2.05) is 13.8 Å². The van der Waals surface area contributed by atoms with Crippen LogP contribution in [0.4, 0.5) is 5.82 Å². The fraction of sp³-hybridized carbons (Fsp3) is 0.333. The van der Waals surface area contributed by atoms with Crippen molar-refractivity contribution in [3.8, 4) is 0 Å². The fourth-order valence-electron chi connectivity index (χ4n) is 1.54. The molecular weight excluding hydrogens is 232 g/mol. The molecule has 0 unspecified atom stereocenters. The number of anilines is 1. The second kappa shape index (κ2) is 4.95. The molecule has 0 saturated carbocycles. The second-order valence-corrected chi connectivity index (χ2v) is 4.25. The van der Waals surface area contributed by atoms with Crippen LogP contribution in [0, 0.1) is 6.92 Å². The van der Waals surface area contributed by atoms with Gasteiger partial charge in [0.15, 0.2) is 11.5 Å². The number of carbonyl (C=O) groups is 1. The molecule has 1 amide bonds. The molecule has 0 spiro atoms. The van der Waals surface area contributed by atoms with Gasteiger partial charge >= 0.3 is 0 Å². The summed E-state index contributed by atoms with van der Waals surface area (Å²) in [7, 11) is 0. The third-order valence-electron chi connectivity index (χ3n) is 2.47. The summed E-state index contributed by atoms with van der Waals surface area (Å²) in [6.45, 7) is 5.73. The number of nitrogens with one attached hydrogen (secondary N) is 1. The van der Waals surface area contributed by atoms with Crippen molar-refractivity contribution in [2.45, 2.75) is 26.7 Å². The number of amides is 1. The van der Waals surface area contributed by atoms with E-state index in [0.717, 1.165) is 5.69 Å². The lowest BCUT2D eigenvalue weighted by Crippen LogP contribution is -2.16. The van der Waals surface area contributed by atoms with Gasteiger partial charge in [-0.05, 0) is 12.8 Å². The summed E-state index contributed by atoms with van der Waals surface area (Å²) >= 11 is 0. The standard InChI is InChI=1S/C12H14N4O2/c1-7(2)9-11(14-5-4-13-9)15-12(17)10-8(3)6-18-16-10/h4-7H,1-3H3,(H,14,15,17). The van der Waals surface area contributed by atoms with Crippen molar-refractivity contribution in [1.29, 1.82) is 0 Å². The lowest BCUT2D eigenvalue weighted by atomic mass is 10.1. The van der Waals surface area contributed by atoms with Crippen LogP contribution >= 0.6 is 0 Å². The zero-order chi connectivity index (χ0) is 13.1. The maximum Gasteiger partial charge on any atom is 0.279 e. The number of carbonyl (C=O) groups excluding carboxylic acids is 1. The number of hydrogen-bond acceptors (Lipinski definition) is 5. The molecule has 1 N–H and O–H groups in total. The van der Waals surface area contributed by atoms with Crippen LogP contribution in [0.15, 0.2) is 23.2 Å². The van der Waals surface area contributed by atoms with Gasteiger partial charge in [-0.25, -0.2) is 4.98 Å². The van der Waals surface area contributed by atoms with Gasteiger partial charge in [-0.3, -0.25) is 9.78 Å². The Morgan fingerprint density at radius 2 is 2.06 bits per heavy atom. The zero-order valence-electron chi connectivity index (χ0n) is 10.5. The van der Waals surface area contributed by atoms with Crippen LogP contribution in [-0.4, -0.2) is 21.0 Å². The summed E-state index contributed by atoms with van der Waals surface area (Å²) in [6.07, 6.45) is 4.57. The predicted octanol–water partition coefficient (Wildman–Crippen LogP) is 2.15. The third-order valence-corrected chi connectivity index (χ3v) is 2.47. The molecule has 0 aliphatic rings. The minimum absolute atomic E-state index is 0.174. The van der Waals surface area contributed by atoms with Crippen molar-refractivity contribution in [2.24, 2.45) is 0 Å². The van der Waals surface area contributed by atoms with Crippen molar-refractivity contribution in [3.63, 3.8) is 0 Å². The molecule has 2 aromatic heterocycles. The Hall–Kier alpha value is -2.24. The van der Waals surface area contributed by atoms with E-state index in [0.29, 0.717) is 11.4 Å². The molecule has 18 heavy (non-hydrogen) atoms. The molecular formula is C12H14N4O2. The quantitative estimate of drug-likeness (QED) is 0.897. The highest BCUT2D eigenvalue weighted by Gasteiger charge is 2.17. The van der Waals surface area contributed by atoms with Gasteiger partial charge in [0.05, 0.1) is 5.69 Å². The van der Waals surface area contributed by atoms with Gasteiger partial charge in [-0.1, -0.05) is 19.0 Å². The summed E-state index contributed by atoms with van der Waals surface area (Å²) in [4.78, 5) is 20.3. The van der Waals surface area contributed by atoms with Gasteiger partial charge in [-0.2, -0.15) is 0 Å². The zero-order valence-corrected chi connectivity index (χ0v) is 10.5. The molecule has 0 fully saturated rings. The van der Waals surface area contributed by atoms with E-state index in [4.69, 9.17) is 4.52 Å². The first-order chi connectivity index (χ1) is 8.59. The monoisotopic (exact) mass is 246 g/mol. The summed E-state index contributed by atoms with van der Waals surface area (Å²) in [5, 5.41) is 6.35. The summed E-state index contributed by atoms with van der Waals surface area (Å²) < 4.78 is 4.73. The average molecular weight is 246 g/mol. The van der Waals surface area contributed by atoms with Gasteiger partial charge < -0.3 is 9.84 Å². The van der Waals surface area contributed by atoms with E-state index in [1.165, 1.54) is 12.5 Å². The van der Waals surface area contributed by atoms with Crippen molar-refractivity contribution < 1.29 is 9.32 Å². The average Bonchev–Trinajstić information content (AvgIpc) is 2.76. The summed E-state index contributed by atoms with van der Waals surface area (Å²) in [6, 6.07) is 0. The van der Waals surface area contributed by atoms with Crippen molar-refractivity contribution in [2.75, 3.05) is 5.32 Å². The Kier molecular flexibility index (Phi) is 3.36. The van der Waals surface area contributed by atoms with Gasteiger partial charge in [0.1, 0.15) is 6.26 Å². The maximum atomic E-state index is 12.0. The Bertz CT molecular complexity index is 563. The maximum absolute atomic E-state index is 12.0. The summed E-state index contributed by atoms with van der Waals surface area (Å²) in [5.74, 6) is 0.288. The molecule has 0 atom stereocenters. The van der Waals surface area contributed by atoms with Gasteiger partial charge in [0, 0.05) is 18.0 Å². The van der Waals surface area contributed by atoms with Crippen LogP contribution in [0.5, 0.6) is 0 Å². The molecule has 0 aromatic carbocycles. The molecule has 2 rings (SSSR count). The minimum atomic E-state index is -0.344. The Morgan fingerprint density at radius 3 is 2.67 bits per heavy atom. The van der Waals surface area contributed by atoms with Gasteiger partial charge in [-0.15, -0.1) is 0 Å². The van der Waals surface area contributed by atoms with Crippen LogP contribution in [0.3, 0.4) is 0 Å². The van der Waals surface area contributed by atoms with Crippen molar-refractivity contribution in [1.82, 2.24) is 15.1 Å². The molecule has 6 heteroatoms. The van der Waals surface area contributed by atoms with E-state index in [-0.39, 0.29) is 17.5 Å². The highest BCUT2D eigenvalue weighted by molar-refractivity contribution is 6.03. The number of hydrogen-bond donors (Lipinski definition) is 1. The van der Waals surface area contributed by atoms with Crippen LogP contribution in [0.25, 0.3) is 0 Å². The highest BCUT2D eigenvalue weighted by Crippen LogP contribution is 2.19. The van der Waals surface area contributed by atoms with E-state index >= 15 is 0 Å².